The maximum atomic E-state index is 13.4. The summed E-state index contributed by atoms with van der Waals surface area (Å²) in [6.45, 7) is 4.76. The Morgan fingerprint density at radius 1 is 1.03 bits per heavy atom. The lowest BCUT2D eigenvalue weighted by atomic mass is 9.99. The van der Waals surface area contributed by atoms with Gasteiger partial charge < -0.3 is 29.5 Å². The average Bonchev–Trinajstić information content (AvgIpc) is 3.61. The first-order valence-corrected chi connectivity index (χ1v) is 13.5. The first-order valence-electron chi connectivity index (χ1n) is 12.7. The lowest BCUT2D eigenvalue weighted by Crippen LogP contribution is -2.45. The molecule has 2 fully saturated rings. The quantitative estimate of drug-likeness (QED) is 0.442. The molecule has 2 aliphatic heterocycles. The number of halogens is 2. The lowest BCUT2D eigenvalue weighted by Gasteiger charge is -2.30. The second-order valence-electron chi connectivity index (χ2n) is 9.66. The summed E-state index contributed by atoms with van der Waals surface area (Å²) < 4.78 is 7.41. The molecule has 2 unspecified atom stereocenters. The Balaban J connectivity index is 1.29. The molecule has 196 valence electrons. The van der Waals surface area contributed by atoms with Crippen LogP contribution in [0.15, 0.2) is 67.0 Å². The highest BCUT2D eigenvalue weighted by Gasteiger charge is 2.32. The predicted molar refractivity (Wildman–Crippen MR) is 148 cm³/mol. The Morgan fingerprint density at radius 2 is 1.76 bits per heavy atom. The molecule has 5 rings (SSSR count). The fraction of sp³-hybridized carbons (Fsp3) is 0.393. The number of nitrogens with one attached hydrogen (secondary N) is 1. The number of nitrogens with zero attached hydrogens (tertiary/aromatic N) is 3. The minimum Gasteiger partial charge on any atom is -0.386 e. The van der Waals surface area contributed by atoms with Gasteiger partial charge in [-0.1, -0.05) is 29.3 Å². The number of morpholine rings is 1. The van der Waals surface area contributed by atoms with Crippen molar-refractivity contribution in [2.45, 2.75) is 25.1 Å². The highest BCUT2D eigenvalue weighted by molar-refractivity contribution is 6.33. The van der Waals surface area contributed by atoms with Gasteiger partial charge in [0.1, 0.15) is 6.10 Å². The number of aliphatic hydroxyl groups excluding tert-OH is 1. The van der Waals surface area contributed by atoms with Gasteiger partial charge in [0.2, 0.25) is 5.91 Å². The summed E-state index contributed by atoms with van der Waals surface area (Å²) in [4.78, 5) is 17.7. The number of carbonyl (C=O) groups is 1. The summed E-state index contributed by atoms with van der Waals surface area (Å²) in [6, 6.07) is 16.7. The van der Waals surface area contributed by atoms with Gasteiger partial charge in [-0.3, -0.25) is 4.79 Å². The van der Waals surface area contributed by atoms with Crippen LogP contribution >= 0.6 is 23.2 Å². The fourth-order valence-corrected chi connectivity index (χ4v) is 5.54. The van der Waals surface area contributed by atoms with E-state index in [2.05, 4.69) is 15.1 Å². The van der Waals surface area contributed by atoms with Crippen molar-refractivity contribution in [1.82, 2.24) is 9.88 Å². The molecule has 7 nitrogen and oxygen atoms in total. The maximum Gasteiger partial charge on any atom is 0.225 e. The van der Waals surface area contributed by atoms with E-state index in [9.17, 15) is 9.90 Å². The van der Waals surface area contributed by atoms with E-state index in [-0.39, 0.29) is 11.8 Å². The van der Waals surface area contributed by atoms with E-state index >= 15 is 0 Å². The summed E-state index contributed by atoms with van der Waals surface area (Å²) >= 11 is 12.7. The number of hydrogen-bond acceptors (Lipinski definition) is 5. The SMILES string of the molecule is O=C(NC(Cn1cccc1)C(O)c1ccc(N2CCOCC2)c(Cl)c1)[C@H]1CCN(c2ccc(Cl)cc2)C1. The third-order valence-corrected chi connectivity index (χ3v) is 7.75. The molecule has 2 aromatic carbocycles. The van der Waals surface area contributed by atoms with Crippen LogP contribution in [0, 0.1) is 5.92 Å². The van der Waals surface area contributed by atoms with Crippen molar-refractivity contribution >= 4 is 40.5 Å². The molecule has 0 aliphatic carbocycles. The van der Waals surface area contributed by atoms with Gasteiger partial charge in [0.05, 0.1) is 35.9 Å². The predicted octanol–water partition coefficient (Wildman–Crippen LogP) is 4.38. The van der Waals surface area contributed by atoms with E-state index in [1.54, 1.807) is 0 Å². The number of carbonyl (C=O) groups excluding carboxylic acids is 1. The van der Waals surface area contributed by atoms with E-state index in [0.717, 1.165) is 37.4 Å². The molecule has 3 heterocycles. The molecule has 0 spiro atoms. The van der Waals surface area contributed by atoms with Crippen LogP contribution in [0.5, 0.6) is 0 Å². The number of ether oxygens (including phenoxy) is 1. The van der Waals surface area contributed by atoms with Crippen molar-refractivity contribution in [2.24, 2.45) is 5.92 Å². The molecule has 1 aromatic heterocycles. The summed E-state index contributed by atoms with van der Waals surface area (Å²) in [5.41, 5.74) is 2.66. The van der Waals surface area contributed by atoms with Gasteiger partial charge in [0.15, 0.2) is 0 Å². The summed E-state index contributed by atoms with van der Waals surface area (Å²) in [5.74, 6) is -0.217. The number of aromatic nitrogens is 1. The molecular formula is C28H32Cl2N4O3. The number of anilines is 2. The molecule has 9 heteroatoms. The summed E-state index contributed by atoms with van der Waals surface area (Å²) in [6.07, 6.45) is 3.69. The van der Waals surface area contributed by atoms with Gasteiger partial charge >= 0.3 is 0 Å². The molecule has 1 amide bonds. The summed E-state index contributed by atoms with van der Waals surface area (Å²) in [7, 11) is 0. The van der Waals surface area contributed by atoms with Crippen LogP contribution in [0.25, 0.3) is 0 Å². The van der Waals surface area contributed by atoms with Crippen LogP contribution < -0.4 is 15.1 Å². The molecular weight excluding hydrogens is 511 g/mol. The van der Waals surface area contributed by atoms with Crippen molar-refractivity contribution in [3.05, 3.63) is 82.6 Å². The molecule has 0 bridgehead atoms. The number of aliphatic hydroxyl groups is 1. The zero-order chi connectivity index (χ0) is 25.8. The monoisotopic (exact) mass is 542 g/mol. The van der Waals surface area contributed by atoms with Crippen LogP contribution in [-0.2, 0) is 16.1 Å². The summed E-state index contributed by atoms with van der Waals surface area (Å²) in [5, 5.41) is 15.8. The maximum absolute atomic E-state index is 13.4. The second-order valence-corrected chi connectivity index (χ2v) is 10.5. The Labute approximate surface area is 227 Å². The minimum atomic E-state index is -0.920. The Morgan fingerprint density at radius 3 is 2.46 bits per heavy atom. The van der Waals surface area contributed by atoms with Crippen LogP contribution in [0.3, 0.4) is 0 Å². The lowest BCUT2D eigenvalue weighted by molar-refractivity contribution is -0.126. The van der Waals surface area contributed by atoms with E-state index in [0.29, 0.717) is 41.9 Å². The van der Waals surface area contributed by atoms with E-state index in [1.165, 1.54) is 0 Å². The highest BCUT2D eigenvalue weighted by atomic mass is 35.5. The van der Waals surface area contributed by atoms with E-state index in [4.69, 9.17) is 27.9 Å². The van der Waals surface area contributed by atoms with Gasteiger partial charge in [0.25, 0.3) is 0 Å². The molecule has 0 saturated carbocycles. The molecule has 3 aromatic rings. The van der Waals surface area contributed by atoms with Crippen LogP contribution in [0.4, 0.5) is 11.4 Å². The zero-order valence-corrected chi connectivity index (χ0v) is 22.1. The van der Waals surface area contributed by atoms with Crippen LogP contribution in [0.1, 0.15) is 18.1 Å². The Bertz CT molecular complexity index is 1180. The van der Waals surface area contributed by atoms with Crippen molar-refractivity contribution in [3.8, 4) is 0 Å². The van der Waals surface area contributed by atoms with E-state index < -0.39 is 12.1 Å². The highest BCUT2D eigenvalue weighted by Crippen LogP contribution is 2.31. The van der Waals surface area contributed by atoms with Crippen LogP contribution in [-0.4, -0.2) is 61.0 Å². The minimum absolute atomic E-state index is 0.0521. The van der Waals surface area contributed by atoms with Crippen molar-refractivity contribution in [1.29, 1.82) is 0 Å². The zero-order valence-electron chi connectivity index (χ0n) is 20.6. The molecule has 0 radical (unpaired) electrons. The number of rotatable bonds is 8. The molecule has 3 atom stereocenters. The smallest absolute Gasteiger partial charge is 0.225 e. The molecule has 2 saturated heterocycles. The third kappa shape index (κ3) is 6.24. The van der Waals surface area contributed by atoms with Crippen molar-refractivity contribution < 1.29 is 14.6 Å². The van der Waals surface area contributed by atoms with Gasteiger partial charge in [-0.2, -0.15) is 0 Å². The van der Waals surface area contributed by atoms with Crippen LogP contribution in [0.2, 0.25) is 10.0 Å². The van der Waals surface area contributed by atoms with Gasteiger partial charge in [0, 0.05) is 55.8 Å². The normalized spacial score (nSPS) is 19.6. The van der Waals surface area contributed by atoms with Gasteiger partial charge in [-0.25, -0.2) is 0 Å². The molecule has 2 N–H and O–H groups in total. The first kappa shape index (κ1) is 25.9. The third-order valence-electron chi connectivity index (χ3n) is 7.20. The number of hydrogen-bond donors (Lipinski definition) is 2. The first-order chi connectivity index (χ1) is 18.0. The topological polar surface area (TPSA) is 70.0 Å². The molecule has 2 aliphatic rings. The second kappa shape index (κ2) is 11.8. The average molecular weight is 543 g/mol. The van der Waals surface area contributed by atoms with E-state index in [1.807, 2.05) is 71.6 Å². The van der Waals surface area contributed by atoms with Gasteiger partial charge in [-0.15, -0.1) is 0 Å². The van der Waals surface area contributed by atoms with Crippen molar-refractivity contribution in [2.75, 3.05) is 49.2 Å². The number of benzene rings is 2. The van der Waals surface area contributed by atoms with Crippen molar-refractivity contribution in [3.63, 3.8) is 0 Å². The Kier molecular flexibility index (Phi) is 8.25. The number of amides is 1. The standard InChI is InChI=1S/C28H32Cl2N4O3/c29-22-4-6-23(7-5-22)34-12-9-21(18-34)28(36)31-25(19-32-10-1-2-11-32)27(35)20-3-8-26(24(30)17-20)33-13-15-37-16-14-33/h1-8,10-11,17,21,25,27,35H,9,12-16,18-19H2,(H,31,36)/t21-,25?,27?/m0/s1. The molecule has 37 heavy (non-hydrogen) atoms. The van der Waals surface area contributed by atoms with Gasteiger partial charge in [-0.05, 0) is 60.5 Å². The largest absolute Gasteiger partial charge is 0.386 e. The fourth-order valence-electron chi connectivity index (χ4n) is 5.10. The Hall–Kier alpha value is -2.71.